The summed E-state index contributed by atoms with van der Waals surface area (Å²) >= 11 is 12.4. The summed E-state index contributed by atoms with van der Waals surface area (Å²) < 4.78 is 5.53. The Morgan fingerprint density at radius 3 is 2.62 bits per heavy atom. The molecule has 1 atom stereocenters. The molecule has 0 radical (unpaired) electrons. The first-order chi connectivity index (χ1) is 10.2. The zero-order valence-electron chi connectivity index (χ0n) is 12.0. The predicted octanol–water partition coefficient (Wildman–Crippen LogP) is 4.68. The van der Waals surface area contributed by atoms with Gasteiger partial charge in [-0.1, -0.05) is 47.5 Å². The fourth-order valence-electron chi connectivity index (χ4n) is 2.37. The highest BCUT2D eigenvalue weighted by molar-refractivity contribution is 6.42. The van der Waals surface area contributed by atoms with Crippen molar-refractivity contribution < 1.29 is 4.74 Å². The molecule has 0 aliphatic carbocycles. The summed E-state index contributed by atoms with van der Waals surface area (Å²) in [7, 11) is 0. The average molecular weight is 324 g/mol. The SMILES string of the molecule is CCOc1cccc(CC(CN)c2cccc(Cl)c2Cl)c1. The minimum absolute atomic E-state index is 0.132. The summed E-state index contributed by atoms with van der Waals surface area (Å²) in [6.07, 6.45) is 0.803. The van der Waals surface area contributed by atoms with E-state index in [1.807, 2.05) is 37.3 Å². The molecule has 0 fully saturated rings. The Balaban J connectivity index is 2.23. The molecule has 112 valence electrons. The van der Waals surface area contributed by atoms with Crippen molar-refractivity contribution in [3.8, 4) is 5.75 Å². The first kappa shape index (κ1) is 16.2. The summed E-state index contributed by atoms with van der Waals surface area (Å²) in [6, 6.07) is 13.7. The van der Waals surface area contributed by atoms with Crippen molar-refractivity contribution in [2.24, 2.45) is 5.73 Å². The smallest absolute Gasteiger partial charge is 0.119 e. The van der Waals surface area contributed by atoms with Gasteiger partial charge in [0.15, 0.2) is 0 Å². The highest BCUT2D eigenvalue weighted by Gasteiger charge is 2.16. The molecule has 2 N–H and O–H groups in total. The van der Waals surface area contributed by atoms with Crippen molar-refractivity contribution in [1.82, 2.24) is 0 Å². The first-order valence-corrected chi connectivity index (χ1v) is 7.77. The van der Waals surface area contributed by atoms with Crippen LogP contribution in [0.1, 0.15) is 24.0 Å². The number of hydrogen-bond acceptors (Lipinski definition) is 2. The highest BCUT2D eigenvalue weighted by atomic mass is 35.5. The van der Waals surface area contributed by atoms with Crippen molar-refractivity contribution in [2.75, 3.05) is 13.2 Å². The van der Waals surface area contributed by atoms with Crippen LogP contribution in [0.25, 0.3) is 0 Å². The molecule has 0 saturated heterocycles. The van der Waals surface area contributed by atoms with Crippen LogP contribution in [0.2, 0.25) is 10.0 Å². The topological polar surface area (TPSA) is 35.2 Å². The lowest BCUT2D eigenvalue weighted by molar-refractivity contribution is 0.340. The van der Waals surface area contributed by atoms with Crippen LogP contribution < -0.4 is 10.5 Å². The summed E-state index contributed by atoms with van der Waals surface area (Å²) in [5.74, 6) is 1.01. The fraction of sp³-hybridized carbons (Fsp3) is 0.294. The van der Waals surface area contributed by atoms with E-state index in [1.165, 1.54) is 5.56 Å². The third-order valence-electron chi connectivity index (χ3n) is 3.40. The molecular formula is C17H19Cl2NO. The van der Waals surface area contributed by atoms with Gasteiger partial charge in [-0.25, -0.2) is 0 Å². The van der Waals surface area contributed by atoms with Crippen LogP contribution in [0.4, 0.5) is 0 Å². The third-order valence-corrected chi connectivity index (χ3v) is 4.23. The van der Waals surface area contributed by atoms with Crippen LogP contribution in [-0.4, -0.2) is 13.2 Å². The zero-order valence-corrected chi connectivity index (χ0v) is 13.5. The molecule has 1 unspecified atom stereocenters. The van der Waals surface area contributed by atoms with Crippen molar-refractivity contribution in [2.45, 2.75) is 19.3 Å². The molecule has 0 aromatic heterocycles. The van der Waals surface area contributed by atoms with E-state index in [0.717, 1.165) is 17.7 Å². The summed E-state index contributed by atoms with van der Waals surface area (Å²) in [6.45, 7) is 3.14. The molecule has 0 amide bonds. The van der Waals surface area contributed by atoms with E-state index in [4.69, 9.17) is 33.7 Å². The number of rotatable bonds is 6. The molecule has 21 heavy (non-hydrogen) atoms. The van der Waals surface area contributed by atoms with Gasteiger partial charge in [-0.3, -0.25) is 0 Å². The molecule has 4 heteroatoms. The second-order valence-corrected chi connectivity index (χ2v) is 5.65. The number of nitrogens with two attached hydrogens (primary N) is 1. The standard InChI is InChI=1S/C17H19Cl2NO/c1-2-21-14-6-3-5-12(10-14)9-13(11-20)15-7-4-8-16(18)17(15)19/h3-8,10,13H,2,9,11,20H2,1H3. The predicted molar refractivity (Wildman–Crippen MR) is 89.6 cm³/mol. The molecular weight excluding hydrogens is 305 g/mol. The van der Waals surface area contributed by atoms with Crippen molar-refractivity contribution in [3.05, 3.63) is 63.6 Å². The Morgan fingerprint density at radius 1 is 1.14 bits per heavy atom. The molecule has 0 aliphatic rings. The van der Waals surface area contributed by atoms with Gasteiger partial charge in [-0.05, 0) is 49.2 Å². The van der Waals surface area contributed by atoms with Crippen LogP contribution in [0.3, 0.4) is 0 Å². The van der Waals surface area contributed by atoms with Gasteiger partial charge in [0.2, 0.25) is 0 Å². The van der Waals surface area contributed by atoms with Gasteiger partial charge in [0.1, 0.15) is 5.75 Å². The van der Waals surface area contributed by atoms with E-state index in [2.05, 4.69) is 6.07 Å². The Bertz CT molecular complexity index is 601. The van der Waals surface area contributed by atoms with Gasteiger partial charge in [-0.15, -0.1) is 0 Å². The number of ether oxygens (including phenoxy) is 1. The molecule has 2 aromatic carbocycles. The summed E-state index contributed by atoms with van der Waals surface area (Å²) in [5, 5.41) is 1.16. The molecule has 0 bridgehead atoms. The monoisotopic (exact) mass is 323 g/mol. The maximum atomic E-state index is 6.30. The number of hydrogen-bond donors (Lipinski definition) is 1. The van der Waals surface area contributed by atoms with Crippen molar-refractivity contribution in [1.29, 1.82) is 0 Å². The second-order valence-electron chi connectivity index (χ2n) is 4.86. The van der Waals surface area contributed by atoms with Crippen LogP contribution in [-0.2, 0) is 6.42 Å². The van der Waals surface area contributed by atoms with E-state index >= 15 is 0 Å². The Morgan fingerprint density at radius 2 is 1.90 bits per heavy atom. The molecule has 0 heterocycles. The average Bonchev–Trinajstić information content (AvgIpc) is 2.49. The molecule has 0 aliphatic heterocycles. The largest absolute Gasteiger partial charge is 0.494 e. The fourth-order valence-corrected chi connectivity index (χ4v) is 2.83. The van der Waals surface area contributed by atoms with E-state index in [9.17, 15) is 0 Å². The normalized spacial score (nSPS) is 12.2. The minimum Gasteiger partial charge on any atom is -0.494 e. The van der Waals surface area contributed by atoms with Crippen molar-refractivity contribution in [3.63, 3.8) is 0 Å². The number of halogens is 2. The zero-order chi connectivity index (χ0) is 15.2. The molecule has 2 rings (SSSR count). The lowest BCUT2D eigenvalue weighted by Gasteiger charge is -2.18. The van der Waals surface area contributed by atoms with E-state index in [1.54, 1.807) is 6.07 Å². The van der Waals surface area contributed by atoms with E-state index in [0.29, 0.717) is 23.2 Å². The first-order valence-electron chi connectivity index (χ1n) is 7.01. The third kappa shape index (κ3) is 4.13. The van der Waals surface area contributed by atoms with Crippen molar-refractivity contribution >= 4 is 23.2 Å². The Hall–Kier alpha value is -1.22. The molecule has 0 saturated carbocycles. The maximum Gasteiger partial charge on any atom is 0.119 e. The van der Waals surface area contributed by atoms with E-state index in [-0.39, 0.29) is 5.92 Å². The minimum atomic E-state index is 0.132. The Labute approximate surface area is 135 Å². The van der Waals surface area contributed by atoms with Gasteiger partial charge in [0.25, 0.3) is 0 Å². The van der Waals surface area contributed by atoms with Gasteiger partial charge in [0.05, 0.1) is 16.7 Å². The van der Waals surface area contributed by atoms with Crippen LogP contribution in [0.15, 0.2) is 42.5 Å². The summed E-state index contributed by atoms with van der Waals surface area (Å²) in [4.78, 5) is 0. The Kier molecular flexibility index (Phi) is 5.92. The van der Waals surface area contributed by atoms with E-state index < -0.39 is 0 Å². The van der Waals surface area contributed by atoms with Gasteiger partial charge < -0.3 is 10.5 Å². The quantitative estimate of drug-likeness (QED) is 0.837. The molecule has 2 aromatic rings. The lowest BCUT2D eigenvalue weighted by atomic mass is 9.92. The van der Waals surface area contributed by atoms with Crippen LogP contribution in [0.5, 0.6) is 5.75 Å². The summed E-state index contributed by atoms with van der Waals surface area (Å²) in [5.41, 5.74) is 8.10. The highest BCUT2D eigenvalue weighted by Crippen LogP contribution is 2.32. The number of benzene rings is 2. The van der Waals surface area contributed by atoms with Gasteiger partial charge in [-0.2, -0.15) is 0 Å². The molecule has 2 nitrogen and oxygen atoms in total. The van der Waals surface area contributed by atoms with Crippen LogP contribution >= 0.6 is 23.2 Å². The lowest BCUT2D eigenvalue weighted by Crippen LogP contribution is -2.15. The van der Waals surface area contributed by atoms with Gasteiger partial charge >= 0.3 is 0 Å². The molecule has 0 spiro atoms. The second kappa shape index (κ2) is 7.69. The van der Waals surface area contributed by atoms with Crippen LogP contribution in [0, 0.1) is 0 Å². The van der Waals surface area contributed by atoms with Gasteiger partial charge in [0, 0.05) is 5.92 Å². The maximum absolute atomic E-state index is 6.30.